The highest BCUT2D eigenvalue weighted by Gasteiger charge is 2.52. The molecule has 0 N–H and O–H groups in total. The van der Waals surface area contributed by atoms with Gasteiger partial charge in [0, 0.05) is 30.9 Å². The predicted octanol–water partition coefficient (Wildman–Crippen LogP) is 2.98. The molecule has 0 aliphatic carbocycles. The fraction of sp³-hybridized carbons (Fsp3) is 0.783. The molecule has 1 aromatic rings. The SMILES string of the molecule is CC(C)(C)OC(=O)N1CCC(CCCS(=O)(=O)c2ncc(B3OC(C)(C)C(C)(C)O3)cn2)CC1. The van der Waals surface area contributed by atoms with E-state index in [-0.39, 0.29) is 17.0 Å². The Labute approximate surface area is 204 Å². The topological polar surface area (TPSA) is 108 Å². The largest absolute Gasteiger partial charge is 0.498 e. The van der Waals surface area contributed by atoms with Crippen molar-refractivity contribution in [2.45, 2.75) is 96.1 Å². The lowest BCUT2D eigenvalue weighted by Crippen LogP contribution is -2.41. The van der Waals surface area contributed by atoms with Crippen LogP contribution in [0.3, 0.4) is 0 Å². The number of aromatic nitrogens is 2. The Kier molecular flexibility index (Phi) is 7.70. The van der Waals surface area contributed by atoms with Crippen LogP contribution in [0.15, 0.2) is 17.6 Å². The molecule has 11 heteroatoms. The molecular weight excluding hydrogens is 457 g/mol. The van der Waals surface area contributed by atoms with Crippen LogP contribution in [0.25, 0.3) is 0 Å². The van der Waals surface area contributed by atoms with Crippen LogP contribution in [0, 0.1) is 5.92 Å². The summed E-state index contributed by atoms with van der Waals surface area (Å²) in [6, 6.07) is 0. The summed E-state index contributed by atoms with van der Waals surface area (Å²) in [6.45, 7) is 14.6. The molecule has 2 saturated heterocycles. The van der Waals surface area contributed by atoms with Crippen LogP contribution in [0.1, 0.15) is 74.1 Å². The minimum absolute atomic E-state index is 0.00484. The molecule has 0 saturated carbocycles. The number of nitrogens with zero attached hydrogens (tertiary/aromatic N) is 3. The fourth-order valence-electron chi connectivity index (χ4n) is 3.97. The van der Waals surface area contributed by atoms with Crippen LogP contribution in [0.4, 0.5) is 4.79 Å². The number of amides is 1. The van der Waals surface area contributed by atoms with Gasteiger partial charge in [-0.3, -0.25) is 0 Å². The Morgan fingerprint density at radius 3 is 2.15 bits per heavy atom. The number of carbonyl (C=O) groups is 1. The maximum Gasteiger partial charge on any atom is 0.498 e. The Bertz CT molecular complexity index is 951. The molecule has 3 heterocycles. The third kappa shape index (κ3) is 6.49. The van der Waals surface area contributed by atoms with Crippen molar-refractivity contribution in [3.8, 4) is 0 Å². The summed E-state index contributed by atoms with van der Waals surface area (Å²) in [4.78, 5) is 22.1. The molecule has 3 rings (SSSR count). The monoisotopic (exact) mass is 495 g/mol. The Balaban J connectivity index is 1.47. The van der Waals surface area contributed by atoms with Crippen molar-refractivity contribution in [2.24, 2.45) is 5.92 Å². The Morgan fingerprint density at radius 1 is 1.12 bits per heavy atom. The molecular formula is C23H38BN3O6S. The standard InChI is InChI=1S/C23H38BN3O6S/c1-21(2,3)31-20(28)27-12-10-17(11-13-27)9-8-14-34(29,30)19-25-15-18(16-26-19)24-32-22(4,5)23(6,7)33-24/h15-17H,8-14H2,1-7H3. The van der Waals surface area contributed by atoms with E-state index >= 15 is 0 Å². The molecule has 1 amide bonds. The molecule has 1 aromatic heterocycles. The smallest absolute Gasteiger partial charge is 0.444 e. The average molecular weight is 495 g/mol. The third-order valence-electron chi connectivity index (χ3n) is 6.74. The van der Waals surface area contributed by atoms with Gasteiger partial charge in [0.15, 0.2) is 0 Å². The van der Waals surface area contributed by atoms with Gasteiger partial charge in [-0.1, -0.05) is 0 Å². The van der Waals surface area contributed by atoms with E-state index in [1.54, 1.807) is 4.90 Å². The van der Waals surface area contributed by atoms with Crippen LogP contribution in [-0.4, -0.2) is 72.1 Å². The summed E-state index contributed by atoms with van der Waals surface area (Å²) in [5, 5.41) is -0.174. The Morgan fingerprint density at radius 2 is 1.65 bits per heavy atom. The summed E-state index contributed by atoms with van der Waals surface area (Å²) in [5.74, 6) is 0.385. The third-order valence-corrected chi connectivity index (χ3v) is 8.34. The number of carbonyl (C=O) groups excluding carboxylic acids is 1. The highest BCUT2D eigenvalue weighted by Crippen LogP contribution is 2.36. The summed E-state index contributed by atoms with van der Waals surface area (Å²) < 4.78 is 42.8. The number of hydrogen-bond acceptors (Lipinski definition) is 8. The normalized spacial score (nSPS) is 21.0. The van der Waals surface area contributed by atoms with Crippen molar-refractivity contribution in [3.05, 3.63) is 12.4 Å². The van der Waals surface area contributed by atoms with E-state index in [1.165, 1.54) is 12.4 Å². The van der Waals surface area contributed by atoms with Gasteiger partial charge in [-0.25, -0.2) is 23.2 Å². The number of sulfone groups is 1. The summed E-state index contributed by atoms with van der Waals surface area (Å²) in [7, 11) is -4.21. The molecule has 0 atom stereocenters. The fourth-order valence-corrected chi connectivity index (χ4v) is 5.13. The highest BCUT2D eigenvalue weighted by atomic mass is 32.2. The highest BCUT2D eigenvalue weighted by molar-refractivity contribution is 7.91. The predicted molar refractivity (Wildman–Crippen MR) is 130 cm³/mol. The molecule has 9 nitrogen and oxygen atoms in total. The quantitative estimate of drug-likeness (QED) is 0.438. The molecule has 0 unspecified atom stereocenters. The van der Waals surface area contributed by atoms with E-state index in [0.29, 0.717) is 30.9 Å². The summed E-state index contributed by atoms with van der Waals surface area (Å²) in [5.41, 5.74) is -0.904. The van der Waals surface area contributed by atoms with Gasteiger partial charge in [0.05, 0.1) is 17.0 Å². The second kappa shape index (κ2) is 9.74. The molecule has 2 fully saturated rings. The number of piperidine rings is 1. The molecule has 0 aromatic carbocycles. The van der Waals surface area contributed by atoms with Crippen molar-refractivity contribution in [1.29, 1.82) is 0 Å². The van der Waals surface area contributed by atoms with Crippen LogP contribution in [-0.2, 0) is 23.9 Å². The maximum atomic E-state index is 12.7. The first-order valence-corrected chi connectivity index (χ1v) is 13.6. The summed E-state index contributed by atoms with van der Waals surface area (Å²) in [6.07, 6.45) is 5.66. The van der Waals surface area contributed by atoms with Gasteiger partial charge in [-0.2, -0.15) is 0 Å². The first kappa shape index (κ1) is 26.9. The zero-order valence-electron chi connectivity index (χ0n) is 21.5. The molecule has 0 bridgehead atoms. The van der Waals surface area contributed by atoms with Crippen LogP contribution in [0.5, 0.6) is 0 Å². The van der Waals surface area contributed by atoms with Crippen molar-refractivity contribution in [1.82, 2.24) is 14.9 Å². The molecule has 2 aliphatic heterocycles. The second-order valence-electron chi connectivity index (χ2n) is 11.3. The Hall–Kier alpha value is -1.72. The van der Waals surface area contributed by atoms with Crippen LogP contribution >= 0.6 is 0 Å². The van der Waals surface area contributed by atoms with Crippen molar-refractivity contribution >= 4 is 28.5 Å². The molecule has 34 heavy (non-hydrogen) atoms. The van der Waals surface area contributed by atoms with E-state index in [0.717, 1.165) is 19.3 Å². The molecule has 0 radical (unpaired) electrons. The zero-order chi connectivity index (χ0) is 25.4. The van der Waals surface area contributed by atoms with Gasteiger partial charge in [0.25, 0.3) is 0 Å². The van der Waals surface area contributed by atoms with E-state index in [9.17, 15) is 13.2 Å². The lowest BCUT2D eigenvalue weighted by Gasteiger charge is -2.33. The molecule has 2 aliphatic rings. The van der Waals surface area contributed by atoms with Gasteiger partial charge >= 0.3 is 13.2 Å². The zero-order valence-corrected chi connectivity index (χ0v) is 22.3. The molecule has 190 valence electrons. The number of hydrogen-bond donors (Lipinski definition) is 0. The lowest BCUT2D eigenvalue weighted by atomic mass is 9.81. The number of ether oxygens (including phenoxy) is 1. The van der Waals surface area contributed by atoms with Crippen LogP contribution in [0.2, 0.25) is 0 Å². The van der Waals surface area contributed by atoms with Crippen molar-refractivity contribution < 1.29 is 27.3 Å². The van der Waals surface area contributed by atoms with E-state index < -0.39 is 33.8 Å². The van der Waals surface area contributed by atoms with Crippen molar-refractivity contribution in [2.75, 3.05) is 18.8 Å². The van der Waals surface area contributed by atoms with E-state index in [4.69, 9.17) is 14.0 Å². The minimum Gasteiger partial charge on any atom is -0.444 e. The van der Waals surface area contributed by atoms with Gasteiger partial charge < -0.3 is 18.9 Å². The number of likely N-dealkylation sites (tertiary alicyclic amines) is 1. The van der Waals surface area contributed by atoms with E-state index in [1.807, 2.05) is 48.5 Å². The van der Waals surface area contributed by atoms with Gasteiger partial charge in [-0.05, 0) is 80.1 Å². The first-order chi connectivity index (χ1) is 15.6. The summed E-state index contributed by atoms with van der Waals surface area (Å²) >= 11 is 0. The van der Waals surface area contributed by atoms with Crippen LogP contribution < -0.4 is 5.46 Å². The minimum atomic E-state index is -3.58. The lowest BCUT2D eigenvalue weighted by molar-refractivity contribution is 0.00578. The van der Waals surface area contributed by atoms with Crippen molar-refractivity contribution in [3.63, 3.8) is 0 Å². The second-order valence-corrected chi connectivity index (χ2v) is 13.3. The number of rotatable bonds is 6. The molecule has 0 spiro atoms. The van der Waals surface area contributed by atoms with E-state index in [2.05, 4.69) is 9.97 Å². The van der Waals surface area contributed by atoms with Gasteiger partial charge in [0.2, 0.25) is 15.0 Å². The maximum absolute atomic E-state index is 12.7. The average Bonchev–Trinajstić information content (AvgIpc) is 2.94. The first-order valence-electron chi connectivity index (χ1n) is 12.0. The van der Waals surface area contributed by atoms with Gasteiger partial charge in [-0.15, -0.1) is 0 Å². The van der Waals surface area contributed by atoms with Gasteiger partial charge in [0.1, 0.15) is 5.60 Å².